The zero-order valence-corrected chi connectivity index (χ0v) is 24.6. The van der Waals surface area contributed by atoms with Gasteiger partial charge in [0.25, 0.3) is 0 Å². The Morgan fingerprint density at radius 3 is 1.09 bits per heavy atom. The van der Waals surface area contributed by atoms with E-state index in [1.54, 1.807) is 12.1 Å². The van der Waals surface area contributed by atoms with Crippen LogP contribution >= 0.6 is 0 Å². The fourth-order valence-corrected chi connectivity index (χ4v) is 6.34. The summed E-state index contributed by atoms with van der Waals surface area (Å²) >= 11 is 0. The number of benzene rings is 8. The average molecular weight is 589 g/mol. The van der Waals surface area contributed by atoms with Gasteiger partial charge >= 0.3 is 0 Å². The quantitative estimate of drug-likeness (QED) is 0.201. The minimum atomic E-state index is 0.598. The molecule has 8 aromatic carbocycles. The first-order valence-electron chi connectivity index (χ1n) is 15.0. The van der Waals surface area contributed by atoms with Gasteiger partial charge in [-0.15, -0.1) is 0 Å². The van der Waals surface area contributed by atoms with Gasteiger partial charge < -0.3 is 9.47 Å². The van der Waals surface area contributed by atoms with E-state index in [4.69, 9.17) is 9.47 Å². The van der Waals surface area contributed by atoms with Crippen molar-refractivity contribution in [2.45, 2.75) is 0 Å². The van der Waals surface area contributed by atoms with E-state index in [0.29, 0.717) is 34.1 Å². The van der Waals surface area contributed by atoms with Crippen molar-refractivity contribution in [3.8, 4) is 46.3 Å². The fourth-order valence-electron chi connectivity index (χ4n) is 6.34. The van der Waals surface area contributed by atoms with Crippen LogP contribution in [0, 0.1) is 22.7 Å². The highest BCUT2D eigenvalue weighted by atomic mass is 16.5. The van der Waals surface area contributed by atoms with Gasteiger partial charge in [0, 0.05) is 32.7 Å². The average Bonchev–Trinajstić information content (AvgIpc) is 3.12. The van der Waals surface area contributed by atoms with Crippen LogP contribution in [0.2, 0.25) is 0 Å². The molecule has 0 aromatic heterocycles. The van der Waals surface area contributed by atoms with Gasteiger partial charge in [0.1, 0.15) is 23.0 Å². The maximum Gasteiger partial charge on any atom is 0.136 e. The number of hydrogen-bond acceptors (Lipinski definition) is 4. The van der Waals surface area contributed by atoms with Crippen LogP contribution < -0.4 is 9.47 Å². The Morgan fingerprint density at radius 2 is 0.674 bits per heavy atom. The molecule has 0 amide bonds. The molecule has 8 rings (SSSR count). The minimum Gasteiger partial charge on any atom is -0.456 e. The summed E-state index contributed by atoms with van der Waals surface area (Å²) in [6.07, 6.45) is 0. The zero-order chi connectivity index (χ0) is 31.0. The molecule has 0 aliphatic rings. The molecule has 0 saturated heterocycles. The van der Waals surface area contributed by atoms with Crippen LogP contribution in [0.4, 0.5) is 0 Å². The van der Waals surface area contributed by atoms with E-state index in [1.807, 2.05) is 97.1 Å². The van der Waals surface area contributed by atoms with Crippen molar-refractivity contribution in [2.75, 3.05) is 0 Å². The van der Waals surface area contributed by atoms with Crippen LogP contribution in [-0.2, 0) is 0 Å². The first-order chi connectivity index (χ1) is 22.7. The Balaban J connectivity index is 1.40. The first-order valence-corrected chi connectivity index (χ1v) is 15.0. The third kappa shape index (κ3) is 4.46. The van der Waals surface area contributed by atoms with Crippen LogP contribution in [0.3, 0.4) is 0 Å². The Hall–Kier alpha value is -6.62. The van der Waals surface area contributed by atoms with Crippen molar-refractivity contribution in [2.24, 2.45) is 0 Å². The van der Waals surface area contributed by atoms with Crippen molar-refractivity contribution >= 4 is 43.1 Å². The molecule has 4 nitrogen and oxygen atoms in total. The highest BCUT2D eigenvalue weighted by Crippen LogP contribution is 2.48. The van der Waals surface area contributed by atoms with Gasteiger partial charge in [-0.2, -0.15) is 10.5 Å². The lowest BCUT2D eigenvalue weighted by atomic mass is 9.92. The van der Waals surface area contributed by atoms with E-state index < -0.39 is 0 Å². The summed E-state index contributed by atoms with van der Waals surface area (Å²) in [7, 11) is 0. The summed E-state index contributed by atoms with van der Waals surface area (Å²) in [4.78, 5) is 0. The summed E-state index contributed by atoms with van der Waals surface area (Å²) in [6.45, 7) is 0. The molecule has 0 saturated carbocycles. The van der Waals surface area contributed by atoms with Crippen LogP contribution in [0.1, 0.15) is 11.1 Å². The van der Waals surface area contributed by atoms with Gasteiger partial charge in [0.05, 0.1) is 23.3 Å². The third-order valence-corrected chi connectivity index (χ3v) is 8.48. The van der Waals surface area contributed by atoms with E-state index in [1.165, 1.54) is 0 Å². The van der Waals surface area contributed by atoms with E-state index in [-0.39, 0.29) is 0 Å². The summed E-state index contributed by atoms with van der Waals surface area (Å²) in [5, 5.41) is 27.1. The first kappa shape index (κ1) is 27.0. The van der Waals surface area contributed by atoms with Crippen molar-refractivity contribution in [1.82, 2.24) is 0 Å². The molecule has 0 radical (unpaired) electrons. The molecule has 214 valence electrons. The van der Waals surface area contributed by atoms with Gasteiger partial charge in [-0.25, -0.2) is 0 Å². The number of fused-ring (bicyclic) bond motifs is 4. The predicted molar refractivity (Wildman–Crippen MR) is 184 cm³/mol. The molecule has 8 aromatic rings. The summed E-state index contributed by atoms with van der Waals surface area (Å²) in [5.41, 5.74) is 3.00. The van der Waals surface area contributed by atoms with Crippen molar-refractivity contribution < 1.29 is 9.47 Å². The molecule has 0 atom stereocenters. The topological polar surface area (TPSA) is 66.0 Å². The van der Waals surface area contributed by atoms with Crippen LogP contribution in [0.15, 0.2) is 146 Å². The molecule has 4 heteroatoms. The molecule has 0 fully saturated rings. The van der Waals surface area contributed by atoms with Gasteiger partial charge in [0.15, 0.2) is 0 Å². The molecule has 0 N–H and O–H groups in total. The SMILES string of the molecule is N#Cc1ccc(Oc2ccc3ccccc3c2-c2c(Oc3ccc(C#N)c4ccccc34)ccc3ccccc23)c2ccccc12. The molecule has 0 aliphatic heterocycles. The number of hydrogen-bond donors (Lipinski definition) is 0. The van der Waals surface area contributed by atoms with E-state index in [2.05, 4.69) is 48.5 Å². The smallest absolute Gasteiger partial charge is 0.136 e. The summed E-state index contributed by atoms with van der Waals surface area (Å²) in [5.74, 6) is 2.65. The van der Waals surface area contributed by atoms with Crippen LogP contribution in [0.25, 0.3) is 54.2 Å². The monoisotopic (exact) mass is 588 g/mol. The Morgan fingerprint density at radius 1 is 0.326 bits per heavy atom. The van der Waals surface area contributed by atoms with E-state index in [9.17, 15) is 10.5 Å². The number of rotatable bonds is 5. The van der Waals surface area contributed by atoms with Gasteiger partial charge in [-0.1, -0.05) is 109 Å². The molecule has 0 aliphatic carbocycles. The van der Waals surface area contributed by atoms with Crippen molar-refractivity contribution in [3.63, 3.8) is 0 Å². The second kappa shape index (κ2) is 11.1. The van der Waals surface area contributed by atoms with Gasteiger partial charge in [-0.05, 0) is 57.9 Å². The molecule has 0 spiro atoms. The number of nitrogens with zero attached hydrogens (tertiary/aromatic N) is 2. The zero-order valence-electron chi connectivity index (χ0n) is 24.6. The van der Waals surface area contributed by atoms with E-state index in [0.717, 1.165) is 54.2 Å². The third-order valence-electron chi connectivity index (χ3n) is 8.48. The second-order valence-corrected chi connectivity index (χ2v) is 11.1. The Bertz CT molecular complexity index is 2390. The molecule has 0 unspecified atom stereocenters. The summed E-state index contributed by atoms with van der Waals surface area (Å²) in [6, 6.07) is 52.3. The molecular formula is C42H24N2O2. The van der Waals surface area contributed by atoms with Crippen LogP contribution in [-0.4, -0.2) is 0 Å². The standard InChI is InChI=1S/C42H24N2O2/c43-25-29-19-21-37(35-15-7-5-11-31(29)35)45-39-23-17-27-9-1-3-13-33(27)41(39)42-34-14-4-2-10-28(34)18-24-40(42)46-38-22-20-30(26-44)32-12-6-8-16-36(32)38/h1-24H. The predicted octanol–water partition coefficient (Wildman–Crippen LogP) is 11.3. The normalized spacial score (nSPS) is 11.0. The van der Waals surface area contributed by atoms with Gasteiger partial charge in [0.2, 0.25) is 0 Å². The van der Waals surface area contributed by atoms with E-state index >= 15 is 0 Å². The fraction of sp³-hybridized carbons (Fsp3) is 0. The molecule has 0 bridgehead atoms. The van der Waals surface area contributed by atoms with Gasteiger partial charge in [-0.3, -0.25) is 0 Å². The molecule has 46 heavy (non-hydrogen) atoms. The lowest BCUT2D eigenvalue weighted by molar-refractivity contribution is 0.484. The highest BCUT2D eigenvalue weighted by Gasteiger charge is 2.21. The maximum atomic E-state index is 9.75. The number of nitriles is 2. The van der Waals surface area contributed by atoms with Crippen LogP contribution in [0.5, 0.6) is 23.0 Å². The maximum absolute atomic E-state index is 9.75. The molecule has 0 heterocycles. The highest BCUT2D eigenvalue weighted by molar-refractivity contribution is 6.10. The Kier molecular flexibility index (Phi) is 6.53. The summed E-state index contributed by atoms with van der Waals surface area (Å²) < 4.78 is 13.7. The lowest BCUT2D eigenvalue weighted by Gasteiger charge is -2.20. The van der Waals surface area contributed by atoms with Crippen molar-refractivity contribution in [1.29, 1.82) is 10.5 Å². The molecular weight excluding hydrogens is 564 g/mol. The number of ether oxygens (including phenoxy) is 2. The van der Waals surface area contributed by atoms with Crippen molar-refractivity contribution in [3.05, 3.63) is 157 Å². The second-order valence-electron chi connectivity index (χ2n) is 11.1. The minimum absolute atomic E-state index is 0.598. The largest absolute Gasteiger partial charge is 0.456 e. The Labute approximate surface area is 265 Å². The lowest BCUT2D eigenvalue weighted by Crippen LogP contribution is -1.96.